The Morgan fingerprint density at radius 2 is 2.14 bits per heavy atom. The molecule has 1 aliphatic rings. The van der Waals surface area contributed by atoms with Gasteiger partial charge in [-0.2, -0.15) is 5.10 Å². The number of benzene rings is 1. The second-order valence-electron chi connectivity index (χ2n) is 5.89. The molecule has 0 aliphatic carbocycles. The largest absolute Gasteiger partial charge is 0.378 e. The minimum atomic E-state index is -0.423. The van der Waals surface area contributed by atoms with E-state index < -0.39 is 5.91 Å². The third kappa shape index (κ3) is 2.46. The summed E-state index contributed by atoms with van der Waals surface area (Å²) >= 11 is 0. The predicted molar refractivity (Wildman–Crippen MR) is 87.0 cm³/mol. The molecular weight excluding hydrogens is 278 g/mol. The van der Waals surface area contributed by atoms with Gasteiger partial charge in [-0.15, -0.1) is 0 Å². The van der Waals surface area contributed by atoms with Gasteiger partial charge in [0.25, 0.3) is 5.91 Å². The summed E-state index contributed by atoms with van der Waals surface area (Å²) in [6.45, 7) is 4.26. The first-order chi connectivity index (χ1) is 10.5. The molecule has 2 heterocycles. The van der Waals surface area contributed by atoms with Gasteiger partial charge in [0.15, 0.2) is 0 Å². The Kier molecular flexibility index (Phi) is 3.62. The normalized spacial score (nSPS) is 13.8. The average Bonchev–Trinajstić information content (AvgIpc) is 2.86. The second kappa shape index (κ2) is 5.46. The summed E-state index contributed by atoms with van der Waals surface area (Å²) in [7, 11) is 3.99. The summed E-state index contributed by atoms with van der Waals surface area (Å²) in [6.07, 6.45) is 0. The van der Waals surface area contributed by atoms with E-state index in [-0.39, 0.29) is 0 Å². The molecule has 0 saturated carbocycles. The molecule has 3 rings (SSSR count). The van der Waals surface area contributed by atoms with Gasteiger partial charge in [-0.05, 0) is 30.7 Å². The van der Waals surface area contributed by atoms with Crippen LogP contribution in [0.5, 0.6) is 0 Å². The maximum Gasteiger partial charge on any atom is 0.252 e. The highest BCUT2D eigenvalue weighted by Crippen LogP contribution is 2.30. The van der Waals surface area contributed by atoms with Crippen LogP contribution in [0.2, 0.25) is 0 Å². The van der Waals surface area contributed by atoms with E-state index in [1.54, 1.807) is 0 Å². The molecule has 3 N–H and O–H groups in total. The number of primary amides is 1. The molecule has 0 bridgehead atoms. The number of nitrogens with one attached hydrogen (secondary N) is 1. The zero-order valence-corrected chi connectivity index (χ0v) is 13.2. The van der Waals surface area contributed by atoms with Gasteiger partial charge in [0.2, 0.25) is 0 Å². The number of fused-ring (bicyclic) bond motifs is 1. The number of carbonyl (C=O) groups is 1. The molecular formula is C16H21N5O. The average molecular weight is 299 g/mol. The van der Waals surface area contributed by atoms with Crippen molar-refractivity contribution in [2.45, 2.75) is 20.0 Å². The highest BCUT2D eigenvalue weighted by molar-refractivity contribution is 6.00. The molecule has 1 aromatic carbocycles. The molecule has 1 aromatic heterocycles. The molecule has 1 aliphatic heterocycles. The first-order valence-corrected chi connectivity index (χ1v) is 7.37. The van der Waals surface area contributed by atoms with Crippen LogP contribution < -0.4 is 16.0 Å². The fourth-order valence-corrected chi connectivity index (χ4v) is 2.87. The van der Waals surface area contributed by atoms with Crippen molar-refractivity contribution >= 4 is 11.6 Å². The zero-order chi connectivity index (χ0) is 15.9. The molecule has 6 heteroatoms. The number of nitrogens with two attached hydrogens (primary N) is 1. The fourth-order valence-electron chi connectivity index (χ4n) is 2.87. The maximum absolute atomic E-state index is 12.0. The maximum atomic E-state index is 12.0. The molecule has 0 atom stereocenters. The van der Waals surface area contributed by atoms with E-state index in [0.29, 0.717) is 17.8 Å². The molecule has 6 nitrogen and oxygen atoms in total. The lowest BCUT2D eigenvalue weighted by atomic mass is 10.0. The lowest BCUT2D eigenvalue weighted by Crippen LogP contribution is -2.30. The van der Waals surface area contributed by atoms with Gasteiger partial charge in [0, 0.05) is 38.4 Å². The third-order valence-electron chi connectivity index (χ3n) is 3.95. The molecule has 0 fully saturated rings. The number of anilines is 1. The quantitative estimate of drug-likeness (QED) is 0.890. The van der Waals surface area contributed by atoms with E-state index in [1.807, 2.05) is 42.7 Å². The number of rotatable bonds is 3. The molecule has 1 amide bonds. The Morgan fingerprint density at radius 1 is 1.36 bits per heavy atom. The SMILES string of the molecule is Cc1cc(-c2nn3c(c2C(N)=O)CNCC3)cc(N(C)C)c1. The molecule has 2 aromatic rings. The first-order valence-electron chi connectivity index (χ1n) is 7.37. The van der Waals surface area contributed by atoms with Crippen LogP contribution in [0.4, 0.5) is 5.69 Å². The van der Waals surface area contributed by atoms with Gasteiger partial charge in [-0.3, -0.25) is 9.48 Å². The van der Waals surface area contributed by atoms with Crippen molar-refractivity contribution in [3.8, 4) is 11.3 Å². The number of amides is 1. The lowest BCUT2D eigenvalue weighted by molar-refractivity contribution is 0.0999. The molecule has 0 spiro atoms. The van der Waals surface area contributed by atoms with Gasteiger partial charge in [-0.1, -0.05) is 0 Å². The topological polar surface area (TPSA) is 76.2 Å². The van der Waals surface area contributed by atoms with E-state index in [2.05, 4.69) is 16.5 Å². The lowest BCUT2D eigenvalue weighted by Gasteiger charge is -2.15. The van der Waals surface area contributed by atoms with Crippen molar-refractivity contribution in [2.24, 2.45) is 5.73 Å². The van der Waals surface area contributed by atoms with Crippen molar-refractivity contribution < 1.29 is 4.79 Å². The van der Waals surface area contributed by atoms with Crippen molar-refractivity contribution in [1.29, 1.82) is 0 Å². The van der Waals surface area contributed by atoms with E-state index in [0.717, 1.165) is 35.6 Å². The number of hydrogen-bond acceptors (Lipinski definition) is 4. The van der Waals surface area contributed by atoms with Crippen molar-refractivity contribution in [3.05, 3.63) is 35.0 Å². The minimum absolute atomic E-state index is 0.423. The summed E-state index contributed by atoms with van der Waals surface area (Å²) in [4.78, 5) is 14.0. The van der Waals surface area contributed by atoms with Gasteiger partial charge in [0.1, 0.15) is 5.69 Å². The minimum Gasteiger partial charge on any atom is -0.378 e. The predicted octanol–water partition coefficient (Wildman–Crippen LogP) is 1.13. The first kappa shape index (κ1) is 14.6. The third-order valence-corrected chi connectivity index (χ3v) is 3.95. The molecule has 0 saturated heterocycles. The zero-order valence-electron chi connectivity index (χ0n) is 13.2. The van der Waals surface area contributed by atoms with Crippen molar-refractivity contribution in [3.63, 3.8) is 0 Å². The summed E-state index contributed by atoms with van der Waals surface area (Å²) in [5.41, 5.74) is 10.8. The molecule has 116 valence electrons. The van der Waals surface area contributed by atoms with E-state index >= 15 is 0 Å². The van der Waals surface area contributed by atoms with Crippen molar-refractivity contribution in [1.82, 2.24) is 15.1 Å². The Morgan fingerprint density at radius 3 is 2.82 bits per heavy atom. The monoisotopic (exact) mass is 299 g/mol. The molecule has 0 radical (unpaired) electrons. The van der Waals surface area contributed by atoms with Crippen LogP contribution >= 0.6 is 0 Å². The van der Waals surface area contributed by atoms with Crippen LogP contribution in [0.3, 0.4) is 0 Å². The van der Waals surface area contributed by atoms with Crippen LogP contribution in [-0.4, -0.2) is 36.3 Å². The van der Waals surface area contributed by atoms with Gasteiger partial charge in [-0.25, -0.2) is 0 Å². The van der Waals surface area contributed by atoms with Gasteiger partial charge < -0.3 is 16.0 Å². The number of carbonyl (C=O) groups excluding carboxylic acids is 1. The summed E-state index contributed by atoms with van der Waals surface area (Å²) in [5, 5.41) is 7.91. The van der Waals surface area contributed by atoms with E-state index in [9.17, 15) is 4.79 Å². The van der Waals surface area contributed by atoms with Gasteiger partial charge in [0.05, 0.1) is 17.8 Å². The Labute approximate surface area is 129 Å². The Hall–Kier alpha value is -2.34. The number of aryl methyl sites for hydroxylation is 1. The summed E-state index contributed by atoms with van der Waals surface area (Å²) < 4.78 is 1.89. The van der Waals surface area contributed by atoms with Crippen LogP contribution in [0, 0.1) is 6.92 Å². The van der Waals surface area contributed by atoms with Crippen molar-refractivity contribution in [2.75, 3.05) is 25.5 Å². The van der Waals surface area contributed by atoms with Crippen LogP contribution in [-0.2, 0) is 13.1 Å². The highest BCUT2D eigenvalue weighted by Gasteiger charge is 2.24. The number of hydrogen-bond donors (Lipinski definition) is 2. The fraction of sp³-hybridized carbons (Fsp3) is 0.375. The molecule has 22 heavy (non-hydrogen) atoms. The summed E-state index contributed by atoms with van der Waals surface area (Å²) in [6, 6.07) is 6.19. The molecule has 0 unspecified atom stereocenters. The smallest absolute Gasteiger partial charge is 0.252 e. The number of aromatic nitrogens is 2. The number of nitrogens with zero attached hydrogens (tertiary/aromatic N) is 3. The van der Waals surface area contributed by atoms with Crippen LogP contribution in [0.25, 0.3) is 11.3 Å². The highest BCUT2D eigenvalue weighted by atomic mass is 16.1. The van der Waals surface area contributed by atoms with E-state index in [1.165, 1.54) is 0 Å². The standard InChI is InChI=1S/C16H21N5O/c1-10-6-11(8-12(7-10)20(2)3)15-14(16(17)22)13-9-18-4-5-21(13)19-15/h6-8,18H,4-5,9H2,1-3H3,(H2,17,22). The second-order valence-corrected chi connectivity index (χ2v) is 5.89. The Balaban J connectivity index is 2.20. The van der Waals surface area contributed by atoms with Crippen LogP contribution in [0.1, 0.15) is 21.6 Å². The van der Waals surface area contributed by atoms with Gasteiger partial charge >= 0.3 is 0 Å². The summed E-state index contributed by atoms with van der Waals surface area (Å²) in [5.74, 6) is -0.423. The van der Waals surface area contributed by atoms with E-state index in [4.69, 9.17) is 5.73 Å². The Bertz CT molecular complexity index is 732. The van der Waals surface area contributed by atoms with Crippen LogP contribution in [0.15, 0.2) is 18.2 Å².